The quantitative estimate of drug-likeness (QED) is 0.369. The van der Waals surface area contributed by atoms with Gasteiger partial charge in [-0.2, -0.15) is 0 Å². The first-order valence-electron chi connectivity index (χ1n) is 10.7. The highest BCUT2D eigenvalue weighted by Crippen LogP contribution is 2.56. The summed E-state index contributed by atoms with van der Waals surface area (Å²) in [5.41, 5.74) is 1.48. The molecule has 1 aromatic heterocycles. The number of benzene rings is 2. The fourth-order valence-corrected chi connectivity index (χ4v) is 5.73. The lowest BCUT2D eigenvalue weighted by Crippen LogP contribution is -2.32. The second-order valence-electron chi connectivity index (χ2n) is 8.66. The number of carbonyl (C=O) groups is 3. The van der Waals surface area contributed by atoms with Crippen molar-refractivity contribution in [3.8, 4) is 5.75 Å². The molecule has 2 aliphatic carbocycles. The Morgan fingerprint density at radius 1 is 0.903 bits per heavy atom. The standard InChI is InChI=1S/C25H20N2O4/c28-23-20-16-6-7-17(13-16)21(20)24(29)27(23)18-10-8-15(9-11-18)25(30)31-19-5-1-3-14-4-2-12-26-22(14)19/h1-5,8-12,16-17,20-21H,6-7,13H2/t16-,17-,20-,21-/m0/s1. The van der Waals surface area contributed by atoms with Gasteiger partial charge in [-0.3, -0.25) is 19.5 Å². The van der Waals surface area contributed by atoms with E-state index in [0.717, 1.165) is 24.6 Å². The van der Waals surface area contributed by atoms with Crippen LogP contribution in [0.2, 0.25) is 0 Å². The van der Waals surface area contributed by atoms with Crippen LogP contribution in [0.25, 0.3) is 10.9 Å². The summed E-state index contributed by atoms with van der Waals surface area (Å²) < 4.78 is 5.57. The number of pyridine rings is 1. The summed E-state index contributed by atoms with van der Waals surface area (Å²) in [7, 11) is 0. The fraction of sp³-hybridized carbons (Fsp3) is 0.280. The highest BCUT2D eigenvalue weighted by atomic mass is 16.5. The minimum Gasteiger partial charge on any atom is -0.421 e. The van der Waals surface area contributed by atoms with E-state index in [2.05, 4.69) is 4.98 Å². The summed E-state index contributed by atoms with van der Waals surface area (Å²) in [6.45, 7) is 0. The fourth-order valence-electron chi connectivity index (χ4n) is 5.73. The number of rotatable bonds is 3. The predicted octanol–water partition coefficient (Wildman–Crippen LogP) is 3.99. The summed E-state index contributed by atoms with van der Waals surface area (Å²) in [6, 6.07) is 15.6. The topological polar surface area (TPSA) is 76.6 Å². The van der Waals surface area contributed by atoms with Crippen LogP contribution in [-0.2, 0) is 9.59 Å². The Morgan fingerprint density at radius 3 is 2.29 bits per heavy atom. The van der Waals surface area contributed by atoms with E-state index < -0.39 is 5.97 Å². The van der Waals surface area contributed by atoms with Crippen molar-refractivity contribution in [3.05, 3.63) is 66.4 Å². The van der Waals surface area contributed by atoms with E-state index in [4.69, 9.17) is 4.74 Å². The van der Waals surface area contributed by atoms with Gasteiger partial charge in [0.1, 0.15) is 5.52 Å². The van der Waals surface area contributed by atoms with E-state index in [9.17, 15) is 14.4 Å². The maximum absolute atomic E-state index is 13.0. The van der Waals surface area contributed by atoms with E-state index in [0.29, 0.717) is 34.4 Å². The Labute approximate surface area is 178 Å². The predicted molar refractivity (Wildman–Crippen MR) is 113 cm³/mol. The number of hydrogen-bond acceptors (Lipinski definition) is 5. The van der Waals surface area contributed by atoms with Crippen LogP contribution in [0, 0.1) is 23.7 Å². The molecule has 6 nitrogen and oxygen atoms in total. The number of aromatic nitrogens is 1. The minimum atomic E-state index is -0.515. The van der Waals surface area contributed by atoms with Gasteiger partial charge in [0.2, 0.25) is 11.8 Å². The third-order valence-corrected chi connectivity index (χ3v) is 7.09. The molecule has 2 bridgehead atoms. The Bertz CT molecular complexity index is 1200. The molecule has 2 saturated carbocycles. The lowest BCUT2D eigenvalue weighted by atomic mass is 9.81. The van der Waals surface area contributed by atoms with Gasteiger partial charge < -0.3 is 4.74 Å². The van der Waals surface area contributed by atoms with Gasteiger partial charge in [0.05, 0.1) is 23.1 Å². The van der Waals surface area contributed by atoms with Crippen LogP contribution in [0.5, 0.6) is 5.75 Å². The smallest absolute Gasteiger partial charge is 0.343 e. The van der Waals surface area contributed by atoms with E-state index in [1.807, 2.05) is 24.3 Å². The van der Waals surface area contributed by atoms with Crippen molar-refractivity contribution in [2.45, 2.75) is 19.3 Å². The maximum atomic E-state index is 13.0. The van der Waals surface area contributed by atoms with Gasteiger partial charge >= 0.3 is 5.97 Å². The van der Waals surface area contributed by atoms with Crippen molar-refractivity contribution in [2.24, 2.45) is 23.7 Å². The number of hydrogen-bond donors (Lipinski definition) is 0. The van der Waals surface area contributed by atoms with Crippen molar-refractivity contribution in [1.29, 1.82) is 0 Å². The average molecular weight is 412 g/mol. The molecule has 4 atom stereocenters. The Kier molecular flexibility index (Phi) is 3.96. The molecule has 0 radical (unpaired) electrons. The molecule has 6 heteroatoms. The number of para-hydroxylation sites is 1. The van der Waals surface area contributed by atoms with Crippen LogP contribution in [0.1, 0.15) is 29.6 Å². The van der Waals surface area contributed by atoms with Crippen molar-refractivity contribution in [1.82, 2.24) is 4.98 Å². The highest BCUT2D eigenvalue weighted by Gasteiger charge is 2.61. The van der Waals surface area contributed by atoms with Crippen molar-refractivity contribution in [3.63, 3.8) is 0 Å². The van der Waals surface area contributed by atoms with Gasteiger partial charge in [0, 0.05) is 11.6 Å². The molecule has 0 N–H and O–H groups in total. The molecule has 1 aliphatic heterocycles. The molecule has 3 fully saturated rings. The van der Waals surface area contributed by atoms with E-state index >= 15 is 0 Å². The highest BCUT2D eigenvalue weighted by molar-refractivity contribution is 6.22. The van der Waals surface area contributed by atoms with Crippen LogP contribution in [-0.4, -0.2) is 22.8 Å². The van der Waals surface area contributed by atoms with Crippen LogP contribution in [0.15, 0.2) is 60.8 Å². The second kappa shape index (κ2) is 6.74. The molecule has 2 aromatic carbocycles. The van der Waals surface area contributed by atoms with Crippen LogP contribution in [0.4, 0.5) is 5.69 Å². The first kappa shape index (κ1) is 18.2. The molecule has 1 saturated heterocycles. The number of imide groups is 1. The third kappa shape index (κ3) is 2.71. The van der Waals surface area contributed by atoms with Crippen molar-refractivity contribution >= 4 is 34.4 Å². The largest absolute Gasteiger partial charge is 0.421 e. The molecular formula is C25H20N2O4. The maximum Gasteiger partial charge on any atom is 0.343 e. The summed E-state index contributed by atoms with van der Waals surface area (Å²) in [5.74, 6) is 0.0855. The van der Waals surface area contributed by atoms with Gasteiger partial charge in [-0.05, 0) is 67.5 Å². The summed E-state index contributed by atoms with van der Waals surface area (Å²) in [5, 5.41) is 0.883. The third-order valence-electron chi connectivity index (χ3n) is 7.09. The van der Waals surface area contributed by atoms with Crippen molar-refractivity contribution in [2.75, 3.05) is 4.90 Å². The van der Waals surface area contributed by atoms with Crippen LogP contribution >= 0.6 is 0 Å². The zero-order valence-corrected chi connectivity index (χ0v) is 16.7. The average Bonchev–Trinajstić information content (AvgIpc) is 3.48. The monoisotopic (exact) mass is 412 g/mol. The molecule has 0 unspecified atom stereocenters. The SMILES string of the molecule is O=C(Oc1cccc2cccnc12)c1ccc(N2C(=O)[C@H]3[C@H]4CC[C@@H](C4)[C@@H]3C2=O)cc1. The summed E-state index contributed by atoms with van der Waals surface area (Å²) in [4.78, 5) is 44.3. The molecule has 2 heterocycles. The first-order chi connectivity index (χ1) is 15.1. The summed E-state index contributed by atoms with van der Waals surface area (Å²) >= 11 is 0. The lowest BCUT2D eigenvalue weighted by Gasteiger charge is -2.19. The number of nitrogens with zero attached hydrogens (tertiary/aromatic N) is 2. The molecular weight excluding hydrogens is 392 g/mol. The van der Waals surface area contributed by atoms with Gasteiger partial charge in [-0.25, -0.2) is 4.79 Å². The molecule has 6 rings (SSSR count). The van der Waals surface area contributed by atoms with Gasteiger partial charge in [0.15, 0.2) is 5.75 Å². The molecule has 31 heavy (non-hydrogen) atoms. The number of fused-ring (bicyclic) bond motifs is 6. The normalized spacial score (nSPS) is 26.5. The Balaban J connectivity index is 1.24. The van der Waals surface area contributed by atoms with Crippen LogP contribution < -0.4 is 9.64 Å². The van der Waals surface area contributed by atoms with Crippen LogP contribution in [0.3, 0.4) is 0 Å². The Hall–Kier alpha value is -3.54. The molecule has 3 aromatic rings. The van der Waals surface area contributed by atoms with Gasteiger partial charge in [-0.15, -0.1) is 0 Å². The molecule has 3 aliphatic rings. The van der Waals surface area contributed by atoms with E-state index in [-0.39, 0.29) is 23.7 Å². The summed E-state index contributed by atoms with van der Waals surface area (Å²) in [6.07, 6.45) is 4.76. The zero-order valence-electron chi connectivity index (χ0n) is 16.7. The Morgan fingerprint density at radius 2 is 1.58 bits per heavy atom. The molecule has 0 spiro atoms. The number of ether oxygens (including phenoxy) is 1. The van der Waals surface area contributed by atoms with E-state index in [1.165, 1.54) is 4.90 Å². The number of carbonyl (C=O) groups excluding carboxylic acids is 3. The molecule has 154 valence electrons. The molecule has 2 amide bonds. The van der Waals surface area contributed by atoms with Crippen molar-refractivity contribution < 1.29 is 19.1 Å². The zero-order chi connectivity index (χ0) is 21.1. The van der Waals surface area contributed by atoms with Gasteiger partial charge in [0.25, 0.3) is 0 Å². The first-order valence-corrected chi connectivity index (χ1v) is 10.7. The lowest BCUT2D eigenvalue weighted by molar-refractivity contribution is -0.123. The van der Waals surface area contributed by atoms with Gasteiger partial charge in [-0.1, -0.05) is 18.2 Å². The second-order valence-corrected chi connectivity index (χ2v) is 8.66. The number of esters is 1. The number of anilines is 1. The number of amides is 2. The van der Waals surface area contributed by atoms with E-state index in [1.54, 1.807) is 36.5 Å². The minimum absolute atomic E-state index is 0.0839.